The lowest BCUT2D eigenvalue weighted by atomic mass is 9.78. The molecule has 0 aromatic heterocycles. The second kappa shape index (κ2) is 9.20. The van der Waals surface area contributed by atoms with E-state index >= 15 is 0 Å². The Morgan fingerprint density at radius 3 is 2.42 bits per heavy atom. The molecule has 1 atom stereocenters. The maximum absolute atomic E-state index is 10.1. The van der Waals surface area contributed by atoms with Crippen molar-refractivity contribution in [1.29, 1.82) is 0 Å². The van der Waals surface area contributed by atoms with E-state index in [2.05, 4.69) is 47.9 Å². The molecule has 4 heteroatoms. The average molecular weight is 361 g/mol. The number of ether oxygens (including phenoxy) is 1. The summed E-state index contributed by atoms with van der Waals surface area (Å²) < 4.78 is 6.11. The van der Waals surface area contributed by atoms with Crippen LogP contribution in [0.25, 0.3) is 0 Å². The molecule has 26 heavy (non-hydrogen) atoms. The van der Waals surface area contributed by atoms with Gasteiger partial charge in [-0.1, -0.05) is 25.1 Å². The van der Waals surface area contributed by atoms with Gasteiger partial charge >= 0.3 is 0 Å². The van der Waals surface area contributed by atoms with Gasteiger partial charge in [0.1, 0.15) is 5.75 Å². The molecular formula is C22H36N2O2. The molecule has 4 nitrogen and oxygen atoms in total. The number of piperidine rings is 1. The van der Waals surface area contributed by atoms with Crippen molar-refractivity contribution < 1.29 is 9.84 Å². The molecule has 0 aliphatic carbocycles. The topological polar surface area (TPSA) is 35.9 Å². The summed E-state index contributed by atoms with van der Waals surface area (Å²) in [5.74, 6) is 1.03. The lowest BCUT2D eigenvalue weighted by Crippen LogP contribution is -2.47. The summed E-state index contributed by atoms with van der Waals surface area (Å²) in [5, 5.41) is 10.1. The molecule has 0 unspecified atom stereocenters. The molecule has 0 radical (unpaired) electrons. The van der Waals surface area contributed by atoms with E-state index in [1.54, 1.807) is 0 Å². The molecular weight excluding hydrogens is 324 g/mol. The molecule has 3 rings (SSSR count). The van der Waals surface area contributed by atoms with Gasteiger partial charge in [-0.05, 0) is 71.3 Å². The van der Waals surface area contributed by atoms with Crippen LogP contribution in [-0.2, 0) is 6.54 Å². The van der Waals surface area contributed by atoms with Gasteiger partial charge in [-0.15, -0.1) is 0 Å². The quantitative estimate of drug-likeness (QED) is 0.769. The van der Waals surface area contributed by atoms with Crippen LogP contribution in [0.15, 0.2) is 24.3 Å². The molecule has 1 aromatic rings. The van der Waals surface area contributed by atoms with Crippen molar-refractivity contribution in [2.75, 3.05) is 39.3 Å². The van der Waals surface area contributed by atoms with Crippen LogP contribution >= 0.6 is 0 Å². The fourth-order valence-electron chi connectivity index (χ4n) is 4.26. The van der Waals surface area contributed by atoms with Gasteiger partial charge in [0.25, 0.3) is 0 Å². The van der Waals surface area contributed by atoms with Gasteiger partial charge in [0, 0.05) is 24.1 Å². The van der Waals surface area contributed by atoms with E-state index < -0.39 is 0 Å². The largest absolute Gasteiger partial charge is 0.490 e. The van der Waals surface area contributed by atoms with E-state index in [-0.39, 0.29) is 11.5 Å². The zero-order chi connectivity index (χ0) is 18.4. The lowest BCUT2D eigenvalue weighted by molar-refractivity contribution is 0.0162. The van der Waals surface area contributed by atoms with Gasteiger partial charge < -0.3 is 14.7 Å². The summed E-state index contributed by atoms with van der Waals surface area (Å²) in [6.07, 6.45) is 6.09. The third-order valence-electron chi connectivity index (χ3n) is 6.28. The van der Waals surface area contributed by atoms with Gasteiger partial charge in [-0.3, -0.25) is 4.90 Å². The highest BCUT2D eigenvalue weighted by Gasteiger charge is 2.36. The number of aliphatic hydroxyl groups excluding tert-OH is 1. The molecule has 0 amide bonds. The van der Waals surface area contributed by atoms with E-state index in [1.165, 1.54) is 31.5 Å². The van der Waals surface area contributed by atoms with E-state index in [9.17, 15) is 5.11 Å². The van der Waals surface area contributed by atoms with Crippen molar-refractivity contribution in [3.8, 4) is 5.75 Å². The van der Waals surface area contributed by atoms with Gasteiger partial charge in [-0.2, -0.15) is 0 Å². The fraction of sp³-hybridized carbons (Fsp3) is 0.727. The lowest BCUT2D eigenvalue weighted by Gasteiger charge is -2.43. The summed E-state index contributed by atoms with van der Waals surface area (Å²) in [6, 6.07) is 8.45. The minimum absolute atomic E-state index is 0.105. The van der Waals surface area contributed by atoms with Crippen molar-refractivity contribution in [2.24, 2.45) is 5.41 Å². The molecule has 2 aliphatic heterocycles. The Bertz CT molecular complexity index is 549. The van der Waals surface area contributed by atoms with Crippen molar-refractivity contribution in [3.63, 3.8) is 0 Å². The second-order valence-corrected chi connectivity index (χ2v) is 8.36. The normalized spacial score (nSPS) is 22.4. The molecule has 146 valence electrons. The number of rotatable bonds is 8. The Balaban J connectivity index is 1.56. The Hall–Kier alpha value is -1.10. The molecule has 2 fully saturated rings. The van der Waals surface area contributed by atoms with Crippen LogP contribution in [0.5, 0.6) is 5.75 Å². The van der Waals surface area contributed by atoms with Crippen LogP contribution in [-0.4, -0.2) is 60.3 Å². The molecule has 1 N–H and O–H groups in total. The average Bonchev–Trinajstić information content (AvgIpc) is 3.17. The smallest absolute Gasteiger partial charge is 0.124 e. The number of likely N-dealkylation sites (tertiary alicyclic amines) is 2. The highest BCUT2D eigenvalue weighted by Crippen LogP contribution is 2.34. The zero-order valence-electron chi connectivity index (χ0n) is 16.6. The molecule has 0 saturated carbocycles. The molecule has 2 heterocycles. The minimum atomic E-state index is 0.105. The molecule has 0 bridgehead atoms. The van der Waals surface area contributed by atoms with Crippen LogP contribution in [0.3, 0.4) is 0 Å². The molecule has 1 aromatic carbocycles. The van der Waals surface area contributed by atoms with E-state index in [1.807, 2.05) is 0 Å². The second-order valence-electron chi connectivity index (χ2n) is 8.36. The number of hydrogen-bond donors (Lipinski definition) is 1. The van der Waals surface area contributed by atoms with Crippen molar-refractivity contribution in [1.82, 2.24) is 9.80 Å². The SMILES string of the molecule is CC[C@@H](C)Oc1ccccc1CN1CCC(CO)(CN2CCCC2)CC1. The van der Waals surface area contributed by atoms with Crippen LogP contribution in [0.4, 0.5) is 0 Å². The van der Waals surface area contributed by atoms with Crippen LogP contribution in [0.1, 0.15) is 51.5 Å². The summed E-state index contributed by atoms with van der Waals surface area (Å²) in [7, 11) is 0. The molecule has 2 saturated heterocycles. The highest BCUT2D eigenvalue weighted by atomic mass is 16.5. The number of benzene rings is 1. The Morgan fingerprint density at radius 2 is 1.77 bits per heavy atom. The maximum atomic E-state index is 10.1. The molecule has 2 aliphatic rings. The first-order valence-corrected chi connectivity index (χ1v) is 10.4. The van der Waals surface area contributed by atoms with Gasteiger partial charge in [-0.25, -0.2) is 0 Å². The van der Waals surface area contributed by atoms with Gasteiger partial charge in [0.15, 0.2) is 0 Å². The Kier molecular flexibility index (Phi) is 6.96. The maximum Gasteiger partial charge on any atom is 0.124 e. The Labute approximate surface area is 159 Å². The summed E-state index contributed by atoms with van der Waals surface area (Å²) in [6.45, 7) is 11.2. The number of hydrogen-bond acceptors (Lipinski definition) is 4. The van der Waals surface area contributed by atoms with Crippen molar-refractivity contribution in [3.05, 3.63) is 29.8 Å². The molecule has 0 spiro atoms. The van der Waals surface area contributed by atoms with Gasteiger partial charge in [0.2, 0.25) is 0 Å². The zero-order valence-corrected chi connectivity index (χ0v) is 16.6. The fourth-order valence-corrected chi connectivity index (χ4v) is 4.26. The standard InChI is InChI=1S/C22H36N2O2/c1-3-19(2)26-21-9-5-4-8-20(21)16-23-14-10-22(18-25,11-15-23)17-24-12-6-7-13-24/h4-5,8-9,19,25H,3,6-7,10-18H2,1-2H3/t19-/m1/s1. The third-order valence-corrected chi connectivity index (χ3v) is 6.28. The summed E-state index contributed by atoms with van der Waals surface area (Å²) >= 11 is 0. The van der Waals surface area contributed by atoms with Gasteiger partial charge in [0.05, 0.1) is 12.7 Å². The summed E-state index contributed by atoms with van der Waals surface area (Å²) in [4.78, 5) is 5.08. The number of nitrogens with zero attached hydrogens (tertiary/aromatic N) is 2. The van der Waals surface area contributed by atoms with E-state index in [0.717, 1.165) is 51.2 Å². The first-order valence-electron chi connectivity index (χ1n) is 10.4. The summed E-state index contributed by atoms with van der Waals surface area (Å²) in [5.41, 5.74) is 1.39. The highest BCUT2D eigenvalue weighted by molar-refractivity contribution is 5.33. The third kappa shape index (κ3) is 4.99. The van der Waals surface area contributed by atoms with Crippen LogP contribution < -0.4 is 4.74 Å². The first kappa shape index (κ1) is 19.7. The van der Waals surface area contributed by atoms with E-state index in [0.29, 0.717) is 6.61 Å². The van der Waals surface area contributed by atoms with Crippen molar-refractivity contribution in [2.45, 2.75) is 58.6 Å². The minimum Gasteiger partial charge on any atom is -0.490 e. The van der Waals surface area contributed by atoms with Crippen LogP contribution in [0, 0.1) is 5.41 Å². The predicted octanol–water partition coefficient (Wildman–Crippen LogP) is 3.53. The first-order chi connectivity index (χ1) is 12.6. The van der Waals surface area contributed by atoms with Crippen LogP contribution in [0.2, 0.25) is 0 Å². The van der Waals surface area contributed by atoms with E-state index in [4.69, 9.17) is 4.74 Å². The van der Waals surface area contributed by atoms with Crippen molar-refractivity contribution >= 4 is 0 Å². The monoisotopic (exact) mass is 360 g/mol. The number of aliphatic hydroxyl groups is 1. The predicted molar refractivity (Wildman–Crippen MR) is 107 cm³/mol. The Morgan fingerprint density at radius 1 is 1.08 bits per heavy atom. The number of para-hydroxylation sites is 1.